The summed E-state index contributed by atoms with van der Waals surface area (Å²) in [4.78, 5) is 0. The van der Waals surface area contributed by atoms with E-state index in [0.29, 0.717) is 23.6 Å². The Balaban J connectivity index is 1.57. The van der Waals surface area contributed by atoms with Gasteiger partial charge in [0.15, 0.2) is 0 Å². The van der Waals surface area contributed by atoms with Crippen molar-refractivity contribution in [2.45, 2.75) is 0 Å². The van der Waals surface area contributed by atoms with Gasteiger partial charge >= 0.3 is 0 Å². The summed E-state index contributed by atoms with van der Waals surface area (Å²) in [6, 6.07) is 22.8. The van der Waals surface area contributed by atoms with Gasteiger partial charge in [-0.15, -0.1) is 0 Å². The number of hydrogen-bond acceptors (Lipinski definition) is 4. The first-order valence-electron chi connectivity index (χ1n) is 8.73. The van der Waals surface area contributed by atoms with E-state index in [1.807, 2.05) is 60.7 Å². The zero-order valence-corrected chi connectivity index (χ0v) is 14.7. The van der Waals surface area contributed by atoms with E-state index < -0.39 is 0 Å². The van der Waals surface area contributed by atoms with E-state index in [9.17, 15) is 10.2 Å². The molecule has 0 saturated heterocycles. The van der Waals surface area contributed by atoms with E-state index in [4.69, 9.17) is 0 Å². The molecule has 0 spiro atoms. The Morgan fingerprint density at radius 1 is 0.704 bits per heavy atom. The Labute approximate surface area is 157 Å². The molecule has 0 aliphatic rings. The summed E-state index contributed by atoms with van der Waals surface area (Å²) in [6.07, 6.45) is 0. The van der Waals surface area contributed by atoms with Crippen LogP contribution < -0.4 is 10.6 Å². The highest BCUT2D eigenvalue weighted by Gasteiger charge is 2.10. The minimum atomic E-state index is 0.169. The quantitative estimate of drug-likeness (QED) is 0.359. The first-order valence-corrected chi connectivity index (χ1v) is 8.73. The fraction of sp³-hybridized carbons (Fsp3) is 0.0435. The van der Waals surface area contributed by atoms with Gasteiger partial charge in [-0.05, 0) is 22.9 Å². The second kappa shape index (κ2) is 6.92. The molecule has 0 atom stereocenters. The molecule has 4 N–H and O–H groups in total. The van der Waals surface area contributed by atoms with Gasteiger partial charge < -0.3 is 20.8 Å². The monoisotopic (exact) mass is 356 g/mol. The van der Waals surface area contributed by atoms with Crippen molar-refractivity contribution in [2.24, 2.45) is 0 Å². The average molecular weight is 356 g/mol. The molecule has 0 aliphatic carbocycles. The molecule has 0 aliphatic heterocycles. The predicted octanol–water partition coefficient (Wildman–Crippen LogP) is 5.44. The van der Waals surface area contributed by atoms with Crippen LogP contribution in [-0.2, 0) is 0 Å². The highest BCUT2D eigenvalue weighted by atomic mass is 16.3. The van der Waals surface area contributed by atoms with Crippen LogP contribution in [0.15, 0.2) is 85.1 Å². The summed E-state index contributed by atoms with van der Waals surface area (Å²) < 4.78 is 0. The lowest BCUT2D eigenvalue weighted by Crippen LogP contribution is -2.11. The van der Waals surface area contributed by atoms with Crippen molar-refractivity contribution in [1.29, 1.82) is 0 Å². The maximum atomic E-state index is 10.3. The van der Waals surface area contributed by atoms with Crippen LogP contribution in [0.5, 0.6) is 11.5 Å². The van der Waals surface area contributed by atoms with Crippen molar-refractivity contribution >= 4 is 32.9 Å². The van der Waals surface area contributed by atoms with Crippen LogP contribution in [0.3, 0.4) is 0 Å². The third-order valence-corrected chi connectivity index (χ3v) is 4.59. The molecule has 4 heteroatoms. The second-order valence-corrected chi connectivity index (χ2v) is 6.44. The lowest BCUT2D eigenvalue weighted by Gasteiger charge is -2.16. The smallest absolute Gasteiger partial charge is 0.139 e. The first kappa shape index (κ1) is 16.8. The normalized spacial score (nSPS) is 10.8. The zero-order valence-electron chi connectivity index (χ0n) is 14.7. The molecule has 4 rings (SSSR count). The van der Waals surface area contributed by atoms with Gasteiger partial charge in [-0.1, -0.05) is 67.2 Å². The standard InChI is InChI=1S/C23H20N2O2/c1-15(25-23-19-9-5-3-7-17(19)11-13-21(23)27)14-24-22-18-8-4-2-6-16(18)10-12-20(22)26/h2-13,24-27H,1,14H2. The zero-order chi connectivity index (χ0) is 18.8. The summed E-state index contributed by atoms with van der Waals surface area (Å²) in [5.41, 5.74) is 1.97. The molecule has 4 aromatic carbocycles. The summed E-state index contributed by atoms with van der Waals surface area (Å²) in [6.45, 7) is 4.45. The molecule has 0 heterocycles. The molecule has 0 unspecified atom stereocenters. The van der Waals surface area contributed by atoms with Gasteiger partial charge in [0.05, 0.1) is 17.9 Å². The van der Waals surface area contributed by atoms with E-state index in [0.717, 1.165) is 21.5 Å². The van der Waals surface area contributed by atoms with Crippen molar-refractivity contribution in [3.05, 3.63) is 85.1 Å². The van der Waals surface area contributed by atoms with Crippen molar-refractivity contribution in [2.75, 3.05) is 17.2 Å². The van der Waals surface area contributed by atoms with Crippen LogP contribution >= 0.6 is 0 Å². The molecule has 0 radical (unpaired) electrons. The minimum Gasteiger partial charge on any atom is -0.506 e. The van der Waals surface area contributed by atoms with Gasteiger partial charge in [0, 0.05) is 16.5 Å². The van der Waals surface area contributed by atoms with E-state index in [-0.39, 0.29) is 11.5 Å². The molecular formula is C23H20N2O2. The van der Waals surface area contributed by atoms with E-state index in [1.54, 1.807) is 12.1 Å². The highest BCUT2D eigenvalue weighted by Crippen LogP contribution is 2.34. The van der Waals surface area contributed by atoms with Gasteiger partial charge in [-0.25, -0.2) is 0 Å². The lowest BCUT2D eigenvalue weighted by atomic mass is 10.1. The summed E-state index contributed by atoms with van der Waals surface area (Å²) in [5, 5.41) is 30.9. The fourth-order valence-corrected chi connectivity index (χ4v) is 3.25. The predicted molar refractivity (Wildman–Crippen MR) is 112 cm³/mol. The number of phenols is 2. The van der Waals surface area contributed by atoms with Gasteiger partial charge in [0.1, 0.15) is 11.5 Å². The van der Waals surface area contributed by atoms with Gasteiger partial charge in [0.2, 0.25) is 0 Å². The number of phenolic OH excluding ortho intramolecular Hbond substituents is 2. The number of anilines is 2. The minimum absolute atomic E-state index is 0.169. The molecule has 4 aromatic rings. The number of nitrogens with one attached hydrogen (secondary N) is 2. The van der Waals surface area contributed by atoms with Crippen molar-refractivity contribution in [3.63, 3.8) is 0 Å². The number of benzene rings is 4. The van der Waals surface area contributed by atoms with Gasteiger partial charge in [-0.3, -0.25) is 0 Å². The molecule has 0 amide bonds. The molecule has 27 heavy (non-hydrogen) atoms. The van der Waals surface area contributed by atoms with Gasteiger partial charge in [-0.2, -0.15) is 0 Å². The average Bonchev–Trinajstić information content (AvgIpc) is 2.69. The van der Waals surface area contributed by atoms with Crippen LogP contribution in [0.4, 0.5) is 11.4 Å². The topological polar surface area (TPSA) is 64.5 Å². The largest absolute Gasteiger partial charge is 0.506 e. The fourth-order valence-electron chi connectivity index (χ4n) is 3.25. The van der Waals surface area contributed by atoms with Crippen molar-refractivity contribution < 1.29 is 10.2 Å². The Morgan fingerprint density at radius 3 is 1.85 bits per heavy atom. The molecule has 4 nitrogen and oxygen atoms in total. The Morgan fingerprint density at radius 2 is 1.22 bits per heavy atom. The number of fused-ring (bicyclic) bond motifs is 2. The maximum Gasteiger partial charge on any atom is 0.139 e. The third kappa shape index (κ3) is 3.25. The summed E-state index contributed by atoms with van der Waals surface area (Å²) in [7, 11) is 0. The molecule has 0 fully saturated rings. The molecule has 134 valence electrons. The maximum absolute atomic E-state index is 10.3. The Kier molecular flexibility index (Phi) is 4.30. The van der Waals surface area contributed by atoms with Crippen LogP contribution in [-0.4, -0.2) is 16.8 Å². The van der Waals surface area contributed by atoms with Crippen LogP contribution in [0.2, 0.25) is 0 Å². The summed E-state index contributed by atoms with van der Waals surface area (Å²) in [5.74, 6) is 0.359. The Hall–Kier alpha value is -3.66. The van der Waals surface area contributed by atoms with Crippen molar-refractivity contribution in [3.8, 4) is 11.5 Å². The van der Waals surface area contributed by atoms with Crippen molar-refractivity contribution in [1.82, 2.24) is 0 Å². The molecular weight excluding hydrogens is 336 g/mol. The highest BCUT2D eigenvalue weighted by molar-refractivity contribution is 5.98. The number of hydrogen-bond donors (Lipinski definition) is 4. The molecule has 0 aromatic heterocycles. The van der Waals surface area contributed by atoms with E-state index in [1.165, 1.54) is 0 Å². The molecule has 0 saturated carbocycles. The lowest BCUT2D eigenvalue weighted by molar-refractivity contribution is 0.477. The number of aromatic hydroxyl groups is 2. The third-order valence-electron chi connectivity index (χ3n) is 4.59. The second-order valence-electron chi connectivity index (χ2n) is 6.44. The van der Waals surface area contributed by atoms with E-state index in [2.05, 4.69) is 17.2 Å². The van der Waals surface area contributed by atoms with Crippen LogP contribution in [0.1, 0.15) is 0 Å². The first-order chi connectivity index (χ1) is 13.1. The Bertz CT molecular complexity index is 1150. The van der Waals surface area contributed by atoms with Gasteiger partial charge in [0.25, 0.3) is 0 Å². The number of rotatable bonds is 5. The van der Waals surface area contributed by atoms with Crippen LogP contribution in [0, 0.1) is 0 Å². The SMILES string of the molecule is C=C(CNc1c(O)ccc2ccccc12)Nc1c(O)ccc2ccccc12. The molecule has 0 bridgehead atoms. The summed E-state index contributed by atoms with van der Waals surface area (Å²) >= 11 is 0. The van der Waals surface area contributed by atoms with Crippen LogP contribution in [0.25, 0.3) is 21.5 Å². The van der Waals surface area contributed by atoms with E-state index >= 15 is 0 Å².